The SMILES string of the molecule is CC(C)(O)c1ncc(-c2ccc3nc4n(c3c2)[C@H]2C[C@@H]4N=[S@@](C)(=O)c3cccc(OC(F)F)c32)cn1.CC(C)(O)c1ncc(-c2ccc3nc4n(c3c2)[C@H]2C[C@@H]4N=[S@](C)(=O)c3cccc(OC(F)F)c32)cn1. The van der Waals surface area contributed by atoms with Crippen molar-refractivity contribution in [3.05, 3.63) is 132 Å². The molecule has 8 heterocycles. The number of ether oxygens (including phenoxy) is 2. The summed E-state index contributed by atoms with van der Waals surface area (Å²) >= 11 is 0. The molecule has 0 fully saturated rings. The van der Waals surface area contributed by atoms with E-state index < -0.39 is 68.1 Å². The van der Waals surface area contributed by atoms with Crippen molar-refractivity contribution in [2.45, 2.75) is 98.9 Å². The number of benzene rings is 4. The first-order chi connectivity index (χ1) is 34.1. The van der Waals surface area contributed by atoms with E-state index in [1.165, 1.54) is 24.6 Å². The van der Waals surface area contributed by atoms with Crippen LogP contribution in [0, 0.1) is 0 Å². The fourth-order valence-corrected chi connectivity index (χ4v) is 13.7. The maximum absolute atomic E-state index is 13.6. The second kappa shape index (κ2) is 16.9. The van der Waals surface area contributed by atoms with Gasteiger partial charge in [0.25, 0.3) is 0 Å². The van der Waals surface area contributed by atoms with Gasteiger partial charge in [0.15, 0.2) is 11.6 Å². The molecule has 4 bridgehead atoms. The summed E-state index contributed by atoms with van der Waals surface area (Å²) in [7, 11) is -5.71. The van der Waals surface area contributed by atoms with Gasteiger partial charge >= 0.3 is 13.2 Å². The minimum absolute atomic E-state index is 0.000568. The summed E-state index contributed by atoms with van der Waals surface area (Å²) in [6, 6.07) is 19.2. The Labute approximate surface area is 410 Å². The predicted molar refractivity (Wildman–Crippen MR) is 259 cm³/mol. The average molecular weight is 1020 g/mol. The van der Waals surface area contributed by atoms with Crippen molar-refractivity contribution in [1.29, 1.82) is 0 Å². The van der Waals surface area contributed by atoms with Crippen LogP contribution in [0.25, 0.3) is 44.3 Å². The van der Waals surface area contributed by atoms with Gasteiger partial charge in [0, 0.05) is 72.4 Å². The lowest BCUT2D eigenvalue weighted by molar-refractivity contribution is -0.0515. The molecular weight excluding hydrogens is 977 g/mol. The first-order valence-electron chi connectivity index (χ1n) is 22.8. The summed E-state index contributed by atoms with van der Waals surface area (Å²) < 4.78 is 103. The van der Waals surface area contributed by atoms with Crippen LogP contribution in [0.3, 0.4) is 0 Å². The van der Waals surface area contributed by atoms with Gasteiger partial charge in [0.05, 0.1) is 63.4 Å². The van der Waals surface area contributed by atoms with Crippen LogP contribution in [0.4, 0.5) is 17.6 Å². The van der Waals surface area contributed by atoms with Crippen molar-refractivity contribution in [3.63, 3.8) is 0 Å². The molecular formula is C50H46F4N10O6S2. The first kappa shape index (κ1) is 47.4. The van der Waals surface area contributed by atoms with Gasteiger partial charge < -0.3 is 28.8 Å². The lowest BCUT2D eigenvalue weighted by Crippen LogP contribution is -2.19. The zero-order valence-corrected chi connectivity index (χ0v) is 41.1. The molecule has 0 aliphatic carbocycles. The van der Waals surface area contributed by atoms with Crippen LogP contribution in [0.1, 0.15) is 99.1 Å². The molecule has 0 saturated carbocycles. The van der Waals surface area contributed by atoms with Crippen LogP contribution in [0.2, 0.25) is 0 Å². The molecule has 22 heteroatoms. The molecule has 372 valence electrons. The molecule has 2 N–H and O–H groups in total. The molecule has 0 saturated heterocycles. The maximum Gasteiger partial charge on any atom is 0.387 e. The van der Waals surface area contributed by atoms with Crippen LogP contribution in [0.5, 0.6) is 11.5 Å². The monoisotopic (exact) mass is 1020 g/mol. The summed E-state index contributed by atoms with van der Waals surface area (Å²) in [6.07, 6.45) is 10.6. The third-order valence-corrected chi connectivity index (χ3v) is 16.9. The maximum atomic E-state index is 13.6. The average Bonchev–Trinajstić information content (AvgIpc) is 4.03. The quantitative estimate of drug-likeness (QED) is 0.137. The molecule has 4 aliphatic rings. The smallest absolute Gasteiger partial charge is 0.387 e. The van der Waals surface area contributed by atoms with Crippen molar-refractivity contribution >= 4 is 41.5 Å². The number of nitrogens with zero attached hydrogens (tertiary/aromatic N) is 10. The second-order valence-electron chi connectivity index (χ2n) is 19.2. The largest absolute Gasteiger partial charge is 0.434 e. The van der Waals surface area contributed by atoms with Crippen molar-refractivity contribution in [2.24, 2.45) is 8.73 Å². The molecule has 16 nitrogen and oxygen atoms in total. The van der Waals surface area contributed by atoms with Gasteiger partial charge in [-0.2, -0.15) is 17.6 Å². The zero-order chi connectivity index (χ0) is 50.8. The number of rotatable bonds is 8. The molecule has 4 aromatic heterocycles. The highest BCUT2D eigenvalue weighted by Gasteiger charge is 2.44. The molecule has 0 spiro atoms. The minimum atomic E-state index is -3.01. The Morgan fingerprint density at radius 2 is 0.958 bits per heavy atom. The fourth-order valence-electron chi connectivity index (χ4n) is 10.2. The normalized spacial score (nSPS) is 22.8. The van der Waals surface area contributed by atoms with Gasteiger partial charge in [-0.1, -0.05) is 24.3 Å². The topological polar surface area (TPSA) is 205 Å². The molecule has 12 rings (SSSR count). The predicted octanol–water partition coefficient (Wildman–Crippen LogP) is 9.65. The summed E-state index contributed by atoms with van der Waals surface area (Å²) in [5, 5.41) is 20.3. The number of fused-ring (bicyclic) bond motifs is 18. The van der Waals surface area contributed by atoms with E-state index in [4.69, 9.17) is 19.4 Å². The van der Waals surface area contributed by atoms with Crippen molar-refractivity contribution in [2.75, 3.05) is 12.5 Å². The molecule has 8 aromatic rings. The number of imidazole rings is 2. The van der Waals surface area contributed by atoms with Gasteiger partial charge in [-0.25, -0.2) is 47.0 Å². The molecule has 0 radical (unpaired) electrons. The van der Waals surface area contributed by atoms with Crippen LogP contribution >= 0.6 is 0 Å². The van der Waals surface area contributed by atoms with Crippen LogP contribution < -0.4 is 9.47 Å². The highest BCUT2D eigenvalue weighted by Crippen LogP contribution is 2.53. The summed E-state index contributed by atoms with van der Waals surface area (Å²) in [5.74, 6) is 1.92. The Morgan fingerprint density at radius 1 is 0.583 bits per heavy atom. The van der Waals surface area contributed by atoms with E-state index in [-0.39, 0.29) is 11.5 Å². The van der Waals surface area contributed by atoms with Crippen molar-refractivity contribution in [1.82, 2.24) is 39.0 Å². The van der Waals surface area contributed by atoms with E-state index in [0.29, 0.717) is 68.1 Å². The van der Waals surface area contributed by atoms with E-state index in [2.05, 4.69) is 28.7 Å². The molecule has 0 unspecified atom stereocenters. The summed E-state index contributed by atoms with van der Waals surface area (Å²) in [4.78, 5) is 27.6. The lowest BCUT2D eigenvalue weighted by atomic mass is 10.0. The number of aromatic nitrogens is 8. The second-order valence-corrected chi connectivity index (χ2v) is 23.8. The molecule has 4 aliphatic heterocycles. The molecule has 72 heavy (non-hydrogen) atoms. The summed E-state index contributed by atoms with van der Waals surface area (Å²) in [6.45, 7) is 0.446. The van der Waals surface area contributed by atoms with Crippen LogP contribution in [0.15, 0.2) is 116 Å². The van der Waals surface area contributed by atoms with E-state index in [0.717, 1.165) is 33.3 Å². The lowest BCUT2D eigenvalue weighted by Gasteiger charge is -2.22. The van der Waals surface area contributed by atoms with Crippen molar-refractivity contribution < 1.29 is 45.7 Å². The Bertz CT molecular complexity index is 3520. The number of halogens is 4. The minimum Gasteiger partial charge on any atom is -0.434 e. The summed E-state index contributed by atoms with van der Waals surface area (Å²) in [5.41, 5.74) is 4.78. The Balaban J connectivity index is 0.000000156. The third kappa shape index (κ3) is 8.13. The number of hydrogen-bond acceptors (Lipinski definition) is 14. The number of hydrogen-bond donors (Lipinski definition) is 2. The Morgan fingerprint density at radius 3 is 1.31 bits per heavy atom. The van der Waals surface area contributed by atoms with Crippen LogP contribution in [-0.4, -0.2) is 83.4 Å². The van der Waals surface area contributed by atoms with E-state index in [1.807, 2.05) is 45.5 Å². The van der Waals surface area contributed by atoms with Crippen molar-refractivity contribution in [3.8, 4) is 33.8 Å². The number of alkyl halides is 4. The first-order valence-corrected chi connectivity index (χ1v) is 26.6. The van der Waals surface area contributed by atoms with E-state index >= 15 is 0 Å². The van der Waals surface area contributed by atoms with E-state index in [9.17, 15) is 36.2 Å². The molecule has 6 atom stereocenters. The van der Waals surface area contributed by atoms with Gasteiger partial charge in [0.1, 0.15) is 46.4 Å². The fraction of sp³-hybridized carbons (Fsp3) is 0.320. The zero-order valence-electron chi connectivity index (χ0n) is 39.4. The van der Waals surface area contributed by atoms with Crippen LogP contribution in [-0.2, 0) is 30.7 Å². The molecule has 0 amide bonds. The Hall–Kier alpha value is -6.88. The third-order valence-electron chi connectivity index (χ3n) is 13.2. The highest BCUT2D eigenvalue weighted by atomic mass is 32.2. The van der Waals surface area contributed by atoms with Gasteiger partial charge in [-0.05, 0) is 87.4 Å². The molecule has 4 aromatic carbocycles. The van der Waals surface area contributed by atoms with Gasteiger partial charge in [-0.15, -0.1) is 0 Å². The number of aliphatic hydroxyl groups is 2. The standard InChI is InChI=1S/2C25H23F2N5O3S/c2*1-25(2,33)23-28-11-14(12-29-23)13-7-8-15-17(9-13)32-18-10-16(22(32)30-15)31-36(3,34)20-6-4-5-19(21(18)20)35-24(26)27/h2*4-9,11-12,16,18,24,33H,10H2,1-3H3/t16-,18-,36+;16-,18-,36-/m00/s1. The Kier molecular flexibility index (Phi) is 11.1. The van der Waals surface area contributed by atoms with Gasteiger partial charge in [-0.3, -0.25) is 0 Å². The van der Waals surface area contributed by atoms with Gasteiger partial charge in [0.2, 0.25) is 0 Å². The highest BCUT2D eigenvalue weighted by molar-refractivity contribution is 7.93. The van der Waals surface area contributed by atoms with E-state index in [1.54, 1.807) is 76.7 Å².